The molecule has 1 aromatic carbocycles. The van der Waals surface area contributed by atoms with Gasteiger partial charge in [0, 0.05) is 18.8 Å². The summed E-state index contributed by atoms with van der Waals surface area (Å²) in [6.45, 7) is 0. The second-order valence-electron chi connectivity index (χ2n) is 5.24. The molecule has 3 rings (SSSR count). The Morgan fingerprint density at radius 1 is 1.28 bits per heavy atom. The Kier molecular flexibility index (Phi) is 2.71. The van der Waals surface area contributed by atoms with E-state index in [1.807, 2.05) is 24.1 Å². The summed E-state index contributed by atoms with van der Waals surface area (Å²) >= 11 is 0. The summed E-state index contributed by atoms with van der Waals surface area (Å²) < 4.78 is 1.83. The van der Waals surface area contributed by atoms with Crippen molar-refractivity contribution in [2.75, 3.05) is 0 Å². The highest BCUT2D eigenvalue weighted by molar-refractivity contribution is 5.42. The molecule has 0 fully saturated rings. The summed E-state index contributed by atoms with van der Waals surface area (Å²) in [5, 5.41) is 4.28. The molecule has 3 nitrogen and oxygen atoms in total. The molecular weight excluding hydrogens is 222 g/mol. The largest absolute Gasteiger partial charge is 0.318 e. The van der Waals surface area contributed by atoms with Crippen LogP contribution in [0.5, 0.6) is 0 Å². The number of benzene rings is 1. The van der Waals surface area contributed by atoms with Gasteiger partial charge in [0.15, 0.2) is 0 Å². The van der Waals surface area contributed by atoms with Crippen LogP contribution >= 0.6 is 0 Å². The van der Waals surface area contributed by atoms with Crippen LogP contribution in [0.3, 0.4) is 0 Å². The zero-order valence-electron chi connectivity index (χ0n) is 10.8. The number of hydrogen-bond acceptors (Lipinski definition) is 2. The highest BCUT2D eigenvalue weighted by Crippen LogP contribution is 2.37. The zero-order valence-corrected chi connectivity index (χ0v) is 10.8. The van der Waals surface area contributed by atoms with Gasteiger partial charge in [-0.2, -0.15) is 5.10 Å². The van der Waals surface area contributed by atoms with Gasteiger partial charge in [-0.05, 0) is 30.4 Å². The Bertz CT molecular complexity index is 558. The van der Waals surface area contributed by atoms with Gasteiger partial charge in [0.05, 0.1) is 11.7 Å². The molecule has 1 aliphatic carbocycles. The molecule has 0 aliphatic heterocycles. The van der Waals surface area contributed by atoms with E-state index in [9.17, 15) is 0 Å². The highest BCUT2D eigenvalue weighted by atomic mass is 15.2. The van der Waals surface area contributed by atoms with Crippen LogP contribution < -0.4 is 5.73 Å². The molecule has 3 heteroatoms. The van der Waals surface area contributed by atoms with Crippen molar-refractivity contribution in [1.82, 2.24) is 9.78 Å². The molecule has 1 atom stereocenters. The molecule has 0 spiro atoms. The van der Waals surface area contributed by atoms with Crippen LogP contribution in [0.4, 0.5) is 0 Å². The predicted octanol–water partition coefficient (Wildman–Crippen LogP) is 2.35. The molecule has 1 aromatic heterocycles. The van der Waals surface area contributed by atoms with E-state index in [1.165, 1.54) is 24.0 Å². The fraction of sp³-hybridized carbons (Fsp3) is 0.400. The lowest BCUT2D eigenvalue weighted by Crippen LogP contribution is -2.37. The standard InChI is InChI=1S/C15H19N3/c1-18-11-13(10-17-18)15(16)9-5-4-7-12-6-2-3-8-14(12)15/h2-3,6,8,10-11H,4-5,7,9,16H2,1H3. The third-order valence-electron chi connectivity index (χ3n) is 3.99. The number of nitrogens with two attached hydrogens (primary N) is 1. The highest BCUT2D eigenvalue weighted by Gasteiger charge is 2.33. The molecule has 2 N–H and O–H groups in total. The lowest BCUT2D eigenvalue weighted by atomic mass is 9.81. The first-order valence-corrected chi connectivity index (χ1v) is 6.56. The van der Waals surface area contributed by atoms with Gasteiger partial charge in [-0.3, -0.25) is 4.68 Å². The van der Waals surface area contributed by atoms with Crippen LogP contribution in [0.15, 0.2) is 36.7 Å². The van der Waals surface area contributed by atoms with Gasteiger partial charge in [-0.1, -0.05) is 30.7 Å². The van der Waals surface area contributed by atoms with E-state index < -0.39 is 0 Å². The van der Waals surface area contributed by atoms with Gasteiger partial charge in [-0.15, -0.1) is 0 Å². The molecular formula is C15H19N3. The smallest absolute Gasteiger partial charge is 0.0699 e. The maximum Gasteiger partial charge on any atom is 0.0699 e. The van der Waals surface area contributed by atoms with Crippen molar-refractivity contribution >= 4 is 0 Å². The zero-order chi connectivity index (χ0) is 12.6. The number of hydrogen-bond donors (Lipinski definition) is 1. The van der Waals surface area contributed by atoms with E-state index in [0.29, 0.717) is 0 Å². The molecule has 0 radical (unpaired) electrons. The Morgan fingerprint density at radius 2 is 2.11 bits per heavy atom. The van der Waals surface area contributed by atoms with Crippen molar-refractivity contribution in [1.29, 1.82) is 0 Å². The average molecular weight is 241 g/mol. The van der Waals surface area contributed by atoms with E-state index in [-0.39, 0.29) is 5.54 Å². The van der Waals surface area contributed by atoms with Crippen molar-refractivity contribution in [3.05, 3.63) is 53.3 Å². The second-order valence-corrected chi connectivity index (χ2v) is 5.24. The lowest BCUT2D eigenvalue weighted by Gasteiger charge is -2.29. The Balaban J connectivity index is 2.16. The molecule has 18 heavy (non-hydrogen) atoms. The van der Waals surface area contributed by atoms with E-state index in [1.54, 1.807) is 0 Å². The van der Waals surface area contributed by atoms with Crippen molar-refractivity contribution in [3.63, 3.8) is 0 Å². The minimum Gasteiger partial charge on any atom is -0.318 e. The van der Waals surface area contributed by atoms with Crippen molar-refractivity contribution in [3.8, 4) is 0 Å². The second kappa shape index (κ2) is 4.25. The van der Waals surface area contributed by atoms with E-state index >= 15 is 0 Å². The summed E-state index contributed by atoms with van der Waals surface area (Å²) in [6.07, 6.45) is 8.46. The van der Waals surface area contributed by atoms with Gasteiger partial charge in [0.1, 0.15) is 0 Å². The number of nitrogens with zero attached hydrogens (tertiary/aromatic N) is 2. The quantitative estimate of drug-likeness (QED) is 0.779. The first kappa shape index (κ1) is 11.5. The van der Waals surface area contributed by atoms with Crippen LogP contribution in [0.2, 0.25) is 0 Å². The summed E-state index contributed by atoms with van der Waals surface area (Å²) in [7, 11) is 1.94. The Labute approximate surface area is 108 Å². The van der Waals surface area contributed by atoms with Crippen molar-refractivity contribution in [2.24, 2.45) is 12.8 Å². The molecule has 0 bridgehead atoms. The van der Waals surface area contributed by atoms with Crippen molar-refractivity contribution in [2.45, 2.75) is 31.2 Å². The third kappa shape index (κ3) is 1.75. The summed E-state index contributed by atoms with van der Waals surface area (Å²) in [5.74, 6) is 0. The van der Waals surface area contributed by atoms with Crippen LogP contribution in [0.25, 0.3) is 0 Å². The third-order valence-corrected chi connectivity index (χ3v) is 3.99. The van der Waals surface area contributed by atoms with Gasteiger partial charge >= 0.3 is 0 Å². The number of aryl methyl sites for hydroxylation is 2. The molecule has 94 valence electrons. The topological polar surface area (TPSA) is 43.8 Å². The van der Waals surface area contributed by atoms with Gasteiger partial charge < -0.3 is 5.73 Å². The minimum atomic E-state index is -0.374. The maximum atomic E-state index is 6.75. The maximum absolute atomic E-state index is 6.75. The number of fused-ring (bicyclic) bond motifs is 1. The fourth-order valence-corrected chi connectivity index (χ4v) is 2.98. The predicted molar refractivity (Wildman–Crippen MR) is 72.2 cm³/mol. The van der Waals surface area contributed by atoms with Crippen LogP contribution in [0, 0.1) is 0 Å². The number of rotatable bonds is 1. The molecule has 1 unspecified atom stereocenters. The van der Waals surface area contributed by atoms with Gasteiger partial charge in [0.25, 0.3) is 0 Å². The number of aromatic nitrogens is 2. The molecule has 0 saturated heterocycles. The van der Waals surface area contributed by atoms with Gasteiger partial charge in [0.2, 0.25) is 0 Å². The molecule has 2 aromatic rings. The van der Waals surface area contributed by atoms with Crippen LogP contribution in [-0.2, 0) is 19.0 Å². The van der Waals surface area contributed by atoms with E-state index in [0.717, 1.165) is 18.4 Å². The average Bonchev–Trinajstić information content (AvgIpc) is 2.74. The monoisotopic (exact) mass is 241 g/mol. The summed E-state index contributed by atoms with van der Waals surface area (Å²) in [5.41, 5.74) is 10.2. The van der Waals surface area contributed by atoms with Gasteiger partial charge in [-0.25, -0.2) is 0 Å². The Hall–Kier alpha value is -1.61. The van der Waals surface area contributed by atoms with Crippen LogP contribution in [-0.4, -0.2) is 9.78 Å². The normalized spacial score (nSPS) is 23.4. The summed E-state index contributed by atoms with van der Waals surface area (Å²) in [4.78, 5) is 0. The first-order valence-electron chi connectivity index (χ1n) is 6.56. The molecule has 1 heterocycles. The van der Waals surface area contributed by atoms with Crippen LogP contribution in [0.1, 0.15) is 36.0 Å². The first-order chi connectivity index (χ1) is 8.70. The molecule has 0 amide bonds. The van der Waals surface area contributed by atoms with E-state index in [2.05, 4.69) is 29.4 Å². The lowest BCUT2D eigenvalue weighted by molar-refractivity contribution is 0.479. The summed E-state index contributed by atoms with van der Waals surface area (Å²) in [6, 6.07) is 8.57. The van der Waals surface area contributed by atoms with E-state index in [4.69, 9.17) is 5.73 Å². The molecule has 0 saturated carbocycles. The SMILES string of the molecule is Cn1cc(C2(N)CCCCc3ccccc32)cn1. The fourth-order valence-electron chi connectivity index (χ4n) is 2.98. The minimum absolute atomic E-state index is 0.374. The Morgan fingerprint density at radius 3 is 2.89 bits per heavy atom. The van der Waals surface area contributed by atoms with Crippen molar-refractivity contribution < 1.29 is 0 Å². The molecule has 1 aliphatic rings.